The number of hydrogen-bond donors (Lipinski definition) is 1. The molecule has 4 rings (SSSR count). The summed E-state index contributed by atoms with van der Waals surface area (Å²) in [4.78, 5) is 9.76. The number of methoxy groups -OCH3 is 1. The van der Waals surface area contributed by atoms with Crippen LogP contribution in [-0.4, -0.2) is 69.5 Å². The highest BCUT2D eigenvalue weighted by Gasteiger charge is 2.38. The van der Waals surface area contributed by atoms with Crippen LogP contribution in [0.5, 0.6) is 5.75 Å². The topological polar surface area (TPSA) is 107 Å². The van der Waals surface area contributed by atoms with Crippen molar-refractivity contribution in [2.24, 2.45) is 5.73 Å². The molecule has 3 heterocycles. The Morgan fingerprint density at radius 2 is 1.53 bits per heavy atom. The second-order valence-electron chi connectivity index (χ2n) is 15.7. The first-order valence-corrected chi connectivity index (χ1v) is 22.9. The van der Waals surface area contributed by atoms with Crippen molar-refractivity contribution in [1.82, 2.24) is 19.7 Å². The lowest BCUT2D eigenvalue weighted by Gasteiger charge is -2.36. The Hall–Kier alpha value is -3.01. The van der Waals surface area contributed by atoms with E-state index >= 15 is 4.39 Å². The van der Waals surface area contributed by atoms with E-state index in [0.29, 0.717) is 49.4 Å². The standard InChI is InChI=1S/C37H56FN5O4Si2/c1-36(2,3)48(8,9)46-19-18-29(38)35(39)31-16-13-15-30(42-31)26-22-32-28(33(23-26)45-21-20-44-7)24-40-43(32)34-17-12-14-27(41-34)25-47-49(10,11)37(4,5)6/h12-17,22-24,29,35H,18-21,25,39H2,1-11H3/t29?,35-/m1/s1. The van der Waals surface area contributed by atoms with E-state index in [1.807, 2.05) is 42.5 Å². The van der Waals surface area contributed by atoms with Gasteiger partial charge in [-0.2, -0.15) is 5.10 Å². The summed E-state index contributed by atoms with van der Waals surface area (Å²) in [6.07, 6.45) is 0.680. The minimum absolute atomic E-state index is 0.0530. The summed E-state index contributed by atoms with van der Waals surface area (Å²) in [5.74, 6) is 1.30. The summed E-state index contributed by atoms with van der Waals surface area (Å²) >= 11 is 0. The minimum atomic E-state index is -1.98. The first kappa shape index (κ1) is 38.8. The second kappa shape index (κ2) is 15.5. The molecule has 9 nitrogen and oxygen atoms in total. The Bertz CT molecular complexity index is 1700. The summed E-state index contributed by atoms with van der Waals surface area (Å²) < 4.78 is 41.3. The van der Waals surface area contributed by atoms with Crippen molar-refractivity contribution >= 4 is 27.5 Å². The van der Waals surface area contributed by atoms with Gasteiger partial charge in [0.15, 0.2) is 22.5 Å². The molecule has 4 aromatic rings. The third kappa shape index (κ3) is 9.41. The molecule has 2 atom stereocenters. The Kier molecular flexibility index (Phi) is 12.3. The first-order chi connectivity index (χ1) is 22.8. The lowest BCUT2D eigenvalue weighted by molar-refractivity contribution is 0.147. The molecule has 49 heavy (non-hydrogen) atoms. The smallest absolute Gasteiger partial charge is 0.192 e. The number of ether oxygens (including phenoxy) is 2. The van der Waals surface area contributed by atoms with Crippen LogP contribution >= 0.6 is 0 Å². The van der Waals surface area contributed by atoms with Crippen molar-refractivity contribution in [1.29, 1.82) is 0 Å². The van der Waals surface area contributed by atoms with Crippen molar-refractivity contribution in [3.63, 3.8) is 0 Å². The van der Waals surface area contributed by atoms with E-state index in [1.165, 1.54) is 0 Å². The number of halogens is 1. The molecule has 1 aromatic carbocycles. The molecule has 12 heteroatoms. The van der Waals surface area contributed by atoms with Gasteiger partial charge in [0.25, 0.3) is 0 Å². The van der Waals surface area contributed by atoms with E-state index in [-0.39, 0.29) is 16.5 Å². The molecule has 0 bridgehead atoms. The number of nitrogens with two attached hydrogens (primary N) is 1. The Labute approximate surface area is 294 Å². The van der Waals surface area contributed by atoms with Crippen LogP contribution < -0.4 is 10.5 Å². The molecule has 0 saturated carbocycles. The van der Waals surface area contributed by atoms with Crippen LogP contribution in [0.25, 0.3) is 28.0 Å². The summed E-state index contributed by atoms with van der Waals surface area (Å²) in [5, 5.41) is 5.69. The average molecular weight is 710 g/mol. The average Bonchev–Trinajstić information content (AvgIpc) is 3.47. The molecule has 0 amide bonds. The molecule has 0 saturated heterocycles. The summed E-state index contributed by atoms with van der Waals surface area (Å²) in [5.41, 5.74) is 9.97. The molecule has 3 aromatic heterocycles. The molecular weight excluding hydrogens is 654 g/mol. The van der Waals surface area contributed by atoms with Gasteiger partial charge in [0.2, 0.25) is 0 Å². The number of pyridine rings is 2. The van der Waals surface area contributed by atoms with Gasteiger partial charge in [-0.25, -0.2) is 14.1 Å². The van der Waals surface area contributed by atoms with Gasteiger partial charge in [0.1, 0.15) is 18.5 Å². The SMILES string of the molecule is COCCOc1cc(-c2cccc([C@H](N)C(F)CCO[Si](C)(C)C(C)(C)C)n2)cc2c1cnn2-c1cccc(CO[Si](C)(C)C(C)(C)C)n1. The highest BCUT2D eigenvalue weighted by atomic mass is 28.4. The molecule has 0 aliphatic heterocycles. The van der Waals surface area contributed by atoms with E-state index in [4.69, 9.17) is 39.1 Å². The predicted molar refractivity (Wildman–Crippen MR) is 201 cm³/mol. The van der Waals surface area contributed by atoms with Crippen molar-refractivity contribution in [2.45, 2.75) is 103 Å². The molecule has 0 aliphatic rings. The summed E-state index contributed by atoms with van der Waals surface area (Å²) in [6.45, 7) is 23.5. The Balaban J connectivity index is 1.64. The maximum atomic E-state index is 15.5. The van der Waals surface area contributed by atoms with Crippen LogP contribution in [0.3, 0.4) is 0 Å². The fourth-order valence-electron chi connectivity index (χ4n) is 4.72. The van der Waals surface area contributed by atoms with Gasteiger partial charge in [0, 0.05) is 25.7 Å². The third-order valence-corrected chi connectivity index (χ3v) is 19.1. The van der Waals surface area contributed by atoms with Gasteiger partial charge in [0.05, 0.1) is 53.4 Å². The first-order valence-electron chi connectivity index (χ1n) is 17.1. The number of hydrogen-bond acceptors (Lipinski definition) is 8. The van der Waals surface area contributed by atoms with Gasteiger partial charge < -0.3 is 24.1 Å². The lowest BCUT2D eigenvalue weighted by atomic mass is 10.0. The highest BCUT2D eigenvalue weighted by Crippen LogP contribution is 2.38. The Morgan fingerprint density at radius 1 is 0.857 bits per heavy atom. The molecule has 268 valence electrons. The number of nitrogens with zero attached hydrogens (tertiary/aromatic N) is 4. The van der Waals surface area contributed by atoms with Gasteiger partial charge in [-0.1, -0.05) is 53.7 Å². The van der Waals surface area contributed by atoms with E-state index in [0.717, 1.165) is 22.2 Å². The maximum Gasteiger partial charge on any atom is 0.192 e. The van der Waals surface area contributed by atoms with E-state index < -0.39 is 28.8 Å². The van der Waals surface area contributed by atoms with Gasteiger partial charge in [-0.15, -0.1) is 0 Å². The van der Waals surface area contributed by atoms with Crippen LogP contribution in [0.2, 0.25) is 36.3 Å². The fraction of sp³-hybridized carbons (Fsp3) is 0.541. The molecular formula is C37H56FN5O4Si2. The number of aromatic nitrogens is 4. The van der Waals surface area contributed by atoms with Gasteiger partial charge in [-0.05, 0) is 72.7 Å². The van der Waals surface area contributed by atoms with Crippen LogP contribution in [-0.2, 0) is 20.2 Å². The zero-order valence-corrected chi connectivity index (χ0v) is 33.3. The summed E-state index contributed by atoms with van der Waals surface area (Å²) in [6, 6.07) is 14.4. The van der Waals surface area contributed by atoms with E-state index in [1.54, 1.807) is 24.1 Å². The molecule has 2 N–H and O–H groups in total. The van der Waals surface area contributed by atoms with Crippen molar-refractivity contribution in [3.05, 3.63) is 66.1 Å². The van der Waals surface area contributed by atoms with E-state index in [2.05, 4.69) is 67.7 Å². The zero-order chi connectivity index (χ0) is 36.2. The number of alkyl halides is 1. The fourth-order valence-corrected chi connectivity index (χ4v) is 6.72. The van der Waals surface area contributed by atoms with Gasteiger partial charge >= 0.3 is 0 Å². The second-order valence-corrected chi connectivity index (χ2v) is 25.3. The third-order valence-electron chi connectivity index (χ3n) is 10.1. The molecule has 0 spiro atoms. The van der Waals surface area contributed by atoms with Crippen LogP contribution in [0, 0.1) is 0 Å². The number of benzene rings is 1. The number of fused-ring (bicyclic) bond motifs is 1. The molecule has 0 aliphatic carbocycles. The molecule has 1 unspecified atom stereocenters. The molecule has 0 fully saturated rings. The highest BCUT2D eigenvalue weighted by molar-refractivity contribution is 6.74. The Morgan fingerprint density at radius 3 is 2.20 bits per heavy atom. The minimum Gasteiger partial charge on any atom is -0.490 e. The van der Waals surface area contributed by atoms with Crippen molar-refractivity contribution < 1.29 is 22.7 Å². The van der Waals surface area contributed by atoms with Crippen LogP contribution in [0.4, 0.5) is 4.39 Å². The normalized spacial score (nSPS) is 14.3. The van der Waals surface area contributed by atoms with Gasteiger partial charge in [-0.3, -0.25) is 4.98 Å². The van der Waals surface area contributed by atoms with Crippen molar-refractivity contribution in [2.75, 3.05) is 26.9 Å². The quantitative estimate of drug-likeness (QED) is 0.0965. The largest absolute Gasteiger partial charge is 0.490 e. The summed E-state index contributed by atoms with van der Waals surface area (Å²) in [7, 11) is -2.31. The lowest BCUT2D eigenvalue weighted by Crippen LogP contribution is -2.41. The van der Waals surface area contributed by atoms with Crippen LogP contribution in [0.15, 0.2) is 54.7 Å². The predicted octanol–water partition coefficient (Wildman–Crippen LogP) is 8.78. The molecule has 0 radical (unpaired) electrons. The zero-order valence-electron chi connectivity index (χ0n) is 31.3. The van der Waals surface area contributed by atoms with Crippen molar-refractivity contribution in [3.8, 4) is 22.8 Å². The van der Waals surface area contributed by atoms with Crippen LogP contribution in [0.1, 0.15) is 65.4 Å². The monoisotopic (exact) mass is 709 g/mol. The number of rotatable bonds is 15. The maximum absolute atomic E-state index is 15.5. The van der Waals surface area contributed by atoms with E-state index in [9.17, 15) is 0 Å².